The molecule has 0 spiro atoms. The molecule has 3 N–H and O–H groups in total. The molecule has 0 fully saturated rings. The molecule has 136 valence electrons. The Hall–Kier alpha value is -3.05. The fraction of sp³-hybridized carbons (Fsp3) is 0.0476. The van der Waals surface area contributed by atoms with E-state index in [2.05, 4.69) is 16.4 Å². The van der Waals surface area contributed by atoms with Gasteiger partial charge < -0.3 is 15.8 Å². The smallest absolute Gasteiger partial charge is 0.193 e. The van der Waals surface area contributed by atoms with Crippen LogP contribution in [0.2, 0.25) is 0 Å². The zero-order chi connectivity index (χ0) is 18.2. The number of hydrogen-bond acceptors (Lipinski definition) is 3. The lowest BCUT2D eigenvalue weighted by Crippen LogP contribution is -2.22. The first-order valence-corrected chi connectivity index (χ1v) is 8.12. The van der Waals surface area contributed by atoms with Gasteiger partial charge in [0.2, 0.25) is 0 Å². The second-order valence-corrected chi connectivity index (χ2v) is 5.58. The summed E-state index contributed by atoms with van der Waals surface area (Å²) in [6.45, 7) is 0.397. The minimum absolute atomic E-state index is 0. The predicted molar refractivity (Wildman–Crippen MR) is 118 cm³/mol. The van der Waals surface area contributed by atoms with Crippen molar-refractivity contribution in [2.24, 2.45) is 10.7 Å². The Balaban J connectivity index is 0.00000261. The first kappa shape index (κ1) is 20.3. The zero-order valence-corrected chi connectivity index (χ0v) is 16.8. The third kappa shape index (κ3) is 6.31. The Bertz CT molecular complexity index is 952. The van der Waals surface area contributed by atoms with Crippen LogP contribution in [-0.4, -0.2) is 5.96 Å². The number of nitrogens with one attached hydrogen (secondary N) is 1. The monoisotopic (exact) mass is 470 g/mol. The van der Waals surface area contributed by atoms with Gasteiger partial charge in [0.15, 0.2) is 5.96 Å². The van der Waals surface area contributed by atoms with E-state index in [0.717, 1.165) is 17.0 Å². The van der Waals surface area contributed by atoms with E-state index >= 15 is 0 Å². The van der Waals surface area contributed by atoms with Gasteiger partial charge in [-0.1, -0.05) is 36.4 Å². The summed E-state index contributed by atoms with van der Waals surface area (Å²) in [5, 5.41) is 12.0. The molecule has 0 amide bonds. The van der Waals surface area contributed by atoms with Crippen LogP contribution in [0, 0.1) is 11.3 Å². The highest BCUT2D eigenvalue weighted by atomic mass is 127. The van der Waals surface area contributed by atoms with Crippen molar-refractivity contribution in [3.8, 4) is 17.6 Å². The van der Waals surface area contributed by atoms with E-state index in [1.54, 1.807) is 12.1 Å². The second-order valence-electron chi connectivity index (χ2n) is 5.58. The number of nitrogens with zero attached hydrogens (tertiary/aromatic N) is 2. The molecule has 3 rings (SSSR count). The van der Waals surface area contributed by atoms with E-state index in [1.165, 1.54) is 0 Å². The minimum Gasteiger partial charge on any atom is -0.457 e. The fourth-order valence-corrected chi connectivity index (χ4v) is 2.37. The number of anilines is 1. The van der Waals surface area contributed by atoms with E-state index in [4.69, 9.17) is 15.7 Å². The zero-order valence-electron chi connectivity index (χ0n) is 14.5. The minimum atomic E-state index is 0. The summed E-state index contributed by atoms with van der Waals surface area (Å²) in [7, 11) is 0. The van der Waals surface area contributed by atoms with Crippen molar-refractivity contribution in [3.05, 3.63) is 90.0 Å². The molecule has 5 nitrogen and oxygen atoms in total. The molecule has 0 atom stereocenters. The maximum absolute atomic E-state index is 8.93. The Morgan fingerprint density at radius 2 is 1.70 bits per heavy atom. The highest BCUT2D eigenvalue weighted by molar-refractivity contribution is 14.0. The molecule has 0 aliphatic rings. The van der Waals surface area contributed by atoms with E-state index in [-0.39, 0.29) is 24.0 Å². The molecule has 6 heteroatoms. The van der Waals surface area contributed by atoms with E-state index in [1.807, 2.05) is 66.7 Å². The van der Waals surface area contributed by atoms with Gasteiger partial charge in [0.25, 0.3) is 0 Å². The van der Waals surface area contributed by atoms with Crippen molar-refractivity contribution in [1.82, 2.24) is 0 Å². The van der Waals surface area contributed by atoms with Crippen LogP contribution in [0.1, 0.15) is 11.1 Å². The van der Waals surface area contributed by atoms with Gasteiger partial charge in [-0.2, -0.15) is 5.26 Å². The number of nitriles is 1. The lowest BCUT2D eigenvalue weighted by Gasteiger charge is -2.09. The molecule has 0 heterocycles. The lowest BCUT2D eigenvalue weighted by atomic mass is 10.1. The summed E-state index contributed by atoms with van der Waals surface area (Å²) in [5.74, 6) is 1.77. The highest BCUT2D eigenvalue weighted by Gasteiger charge is 2.01. The van der Waals surface area contributed by atoms with Gasteiger partial charge >= 0.3 is 0 Å². The van der Waals surface area contributed by atoms with Gasteiger partial charge in [-0.3, -0.25) is 0 Å². The van der Waals surface area contributed by atoms with Crippen LogP contribution in [0.3, 0.4) is 0 Å². The van der Waals surface area contributed by atoms with Crippen LogP contribution in [0.25, 0.3) is 0 Å². The number of hydrogen-bond donors (Lipinski definition) is 2. The standard InChI is InChI=1S/C21H18N4O.HI/c22-14-16-6-4-7-17(12-16)15-24-21(23)25-18-8-5-11-20(13-18)26-19-9-2-1-3-10-19;/h1-13H,15H2,(H3,23,24,25);1H. The molecule has 3 aromatic rings. The quantitative estimate of drug-likeness (QED) is 0.316. The molecule has 0 unspecified atom stereocenters. The normalized spacial score (nSPS) is 10.4. The predicted octanol–water partition coefficient (Wildman–Crippen LogP) is 4.90. The van der Waals surface area contributed by atoms with E-state index in [9.17, 15) is 0 Å². The number of guanidine groups is 1. The maximum atomic E-state index is 8.93. The van der Waals surface area contributed by atoms with Crippen LogP contribution in [-0.2, 0) is 6.54 Å². The summed E-state index contributed by atoms with van der Waals surface area (Å²) < 4.78 is 5.80. The largest absolute Gasteiger partial charge is 0.457 e. The van der Waals surface area contributed by atoms with Gasteiger partial charge in [-0.25, -0.2) is 4.99 Å². The Labute approximate surface area is 175 Å². The molecular formula is C21H19IN4O. The van der Waals surface area contributed by atoms with Crippen molar-refractivity contribution >= 4 is 35.6 Å². The molecular weight excluding hydrogens is 451 g/mol. The lowest BCUT2D eigenvalue weighted by molar-refractivity contribution is 0.483. The summed E-state index contributed by atoms with van der Waals surface area (Å²) >= 11 is 0. The number of benzene rings is 3. The van der Waals surface area contributed by atoms with E-state index < -0.39 is 0 Å². The molecule has 0 aromatic heterocycles. The third-order valence-corrected chi connectivity index (χ3v) is 3.57. The molecule has 0 aliphatic heterocycles. The van der Waals surface area contributed by atoms with Gasteiger partial charge in [0, 0.05) is 11.8 Å². The van der Waals surface area contributed by atoms with Crippen molar-refractivity contribution < 1.29 is 4.74 Å². The Morgan fingerprint density at radius 3 is 2.48 bits per heavy atom. The number of nitrogens with two attached hydrogens (primary N) is 1. The summed E-state index contributed by atoms with van der Waals surface area (Å²) in [5.41, 5.74) is 8.28. The van der Waals surface area contributed by atoms with Crippen molar-refractivity contribution in [3.63, 3.8) is 0 Å². The molecule has 0 radical (unpaired) electrons. The Morgan fingerprint density at radius 1 is 0.963 bits per heavy atom. The number of halogens is 1. The van der Waals surface area contributed by atoms with Crippen molar-refractivity contribution in [2.45, 2.75) is 6.54 Å². The number of para-hydroxylation sites is 1. The molecule has 3 aromatic carbocycles. The SMILES string of the molecule is I.N#Cc1cccc(CN=C(N)Nc2cccc(Oc3ccccc3)c2)c1. The highest BCUT2D eigenvalue weighted by Crippen LogP contribution is 2.23. The molecule has 27 heavy (non-hydrogen) atoms. The molecule has 0 bridgehead atoms. The van der Waals surface area contributed by atoms with Crippen LogP contribution in [0.15, 0.2) is 83.9 Å². The summed E-state index contributed by atoms with van der Waals surface area (Å²) in [4.78, 5) is 4.31. The van der Waals surface area contributed by atoms with Crippen LogP contribution >= 0.6 is 24.0 Å². The Kier molecular flexibility index (Phi) is 7.64. The number of ether oxygens (including phenoxy) is 1. The molecule has 0 saturated carbocycles. The third-order valence-electron chi connectivity index (χ3n) is 3.57. The van der Waals surface area contributed by atoms with Gasteiger partial charge in [0.05, 0.1) is 18.2 Å². The van der Waals surface area contributed by atoms with Gasteiger partial charge in [-0.15, -0.1) is 24.0 Å². The average Bonchev–Trinajstić information content (AvgIpc) is 2.68. The average molecular weight is 470 g/mol. The second kappa shape index (κ2) is 10.2. The maximum Gasteiger partial charge on any atom is 0.193 e. The van der Waals surface area contributed by atoms with Gasteiger partial charge in [-0.05, 0) is 42.0 Å². The van der Waals surface area contributed by atoms with Crippen LogP contribution in [0.5, 0.6) is 11.5 Å². The summed E-state index contributed by atoms with van der Waals surface area (Å²) in [6, 6.07) is 26.5. The van der Waals surface area contributed by atoms with Gasteiger partial charge in [0.1, 0.15) is 11.5 Å². The first-order chi connectivity index (χ1) is 12.7. The van der Waals surface area contributed by atoms with Crippen LogP contribution < -0.4 is 15.8 Å². The molecule has 0 aliphatic carbocycles. The molecule has 0 saturated heterocycles. The first-order valence-electron chi connectivity index (χ1n) is 8.12. The fourth-order valence-electron chi connectivity index (χ4n) is 2.37. The number of aliphatic imine (C=N–C) groups is 1. The van der Waals surface area contributed by atoms with Crippen molar-refractivity contribution in [1.29, 1.82) is 5.26 Å². The van der Waals surface area contributed by atoms with E-state index in [0.29, 0.717) is 23.8 Å². The number of rotatable bonds is 5. The van der Waals surface area contributed by atoms with Crippen LogP contribution in [0.4, 0.5) is 5.69 Å². The van der Waals surface area contributed by atoms with Crippen molar-refractivity contribution in [2.75, 3.05) is 5.32 Å². The summed E-state index contributed by atoms with van der Waals surface area (Å²) in [6.07, 6.45) is 0. The topological polar surface area (TPSA) is 83.4 Å².